The second kappa shape index (κ2) is 8.63. The molecule has 1 atom stereocenters. The van der Waals surface area contributed by atoms with E-state index in [0.29, 0.717) is 30.8 Å². The molecular weight excluding hydrogens is 444 g/mol. The Morgan fingerprint density at radius 2 is 2.00 bits per heavy atom. The number of para-hydroxylation sites is 1. The number of benzene rings is 2. The number of nitrogens with zero attached hydrogens (tertiary/aromatic N) is 1. The predicted molar refractivity (Wildman–Crippen MR) is 112 cm³/mol. The summed E-state index contributed by atoms with van der Waals surface area (Å²) < 4.78 is 33.5. The quantitative estimate of drug-likeness (QED) is 0.726. The van der Waals surface area contributed by atoms with Gasteiger partial charge in [0.05, 0.1) is 23.6 Å². The monoisotopic (exact) mass is 466 g/mol. The van der Waals surface area contributed by atoms with Gasteiger partial charge in [0.2, 0.25) is 15.9 Å². The first-order valence-electron chi connectivity index (χ1n) is 9.03. The highest BCUT2D eigenvalue weighted by atomic mass is 79.9. The molecule has 1 aliphatic rings. The fraction of sp³-hybridized carbons (Fsp3) is 0.350. The van der Waals surface area contributed by atoms with Gasteiger partial charge in [0, 0.05) is 17.6 Å². The van der Waals surface area contributed by atoms with Crippen molar-refractivity contribution in [1.82, 2.24) is 4.31 Å². The number of carbonyl (C=O) groups excluding carboxylic acids is 1. The fourth-order valence-electron chi connectivity index (χ4n) is 3.33. The van der Waals surface area contributed by atoms with Crippen LogP contribution in [-0.4, -0.2) is 38.8 Å². The second-order valence-electron chi connectivity index (χ2n) is 6.80. The lowest BCUT2D eigenvalue weighted by molar-refractivity contribution is -0.120. The summed E-state index contributed by atoms with van der Waals surface area (Å²) in [6.45, 7) is 2.39. The van der Waals surface area contributed by atoms with Gasteiger partial charge in [-0.2, -0.15) is 4.31 Å². The molecule has 1 amide bonds. The van der Waals surface area contributed by atoms with E-state index < -0.39 is 15.9 Å². The van der Waals surface area contributed by atoms with Crippen molar-refractivity contribution >= 4 is 37.5 Å². The Kier molecular flexibility index (Phi) is 6.42. The molecule has 0 spiro atoms. The van der Waals surface area contributed by atoms with Gasteiger partial charge < -0.3 is 10.1 Å². The summed E-state index contributed by atoms with van der Waals surface area (Å²) in [7, 11) is -2.12. The van der Waals surface area contributed by atoms with E-state index in [1.54, 1.807) is 31.4 Å². The van der Waals surface area contributed by atoms with E-state index in [1.165, 1.54) is 4.31 Å². The van der Waals surface area contributed by atoms with Crippen LogP contribution in [0.4, 0.5) is 5.69 Å². The number of aryl methyl sites for hydroxylation is 1. The zero-order valence-corrected chi connectivity index (χ0v) is 18.2. The first-order chi connectivity index (χ1) is 13.3. The number of hydrogen-bond acceptors (Lipinski definition) is 4. The summed E-state index contributed by atoms with van der Waals surface area (Å²) >= 11 is 3.41. The van der Waals surface area contributed by atoms with Crippen molar-refractivity contribution in [3.05, 3.63) is 52.5 Å². The Labute approximate surface area is 174 Å². The molecule has 3 rings (SSSR count). The van der Waals surface area contributed by atoms with Gasteiger partial charge in [0.1, 0.15) is 5.75 Å². The van der Waals surface area contributed by atoms with E-state index in [1.807, 2.05) is 25.1 Å². The third-order valence-electron chi connectivity index (χ3n) is 4.89. The SMILES string of the molecule is COc1ccc(S(=O)(=O)N2CCC[C@H](C(=O)Nc3ccccc3Br)C2)cc1C. The van der Waals surface area contributed by atoms with Crippen molar-refractivity contribution in [2.75, 3.05) is 25.5 Å². The van der Waals surface area contributed by atoms with Crippen LogP contribution in [0.5, 0.6) is 5.75 Å². The third-order valence-corrected chi connectivity index (χ3v) is 7.44. The lowest BCUT2D eigenvalue weighted by atomic mass is 9.99. The van der Waals surface area contributed by atoms with Gasteiger partial charge >= 0.3 is 0 Å². The molecule has 1 heterocycles. The maximum atomic E-state index is 13.1. The van der Waals surface area contributed by atoms with Crippen LogP contribution in [0.1, 0.15) is 18.4 Å². The van der Waals surface area contributed by atoms with E-state index in [2.05, 4.69) is 21.2 Å². The zero-order valence-electron chi connectivity index (χ0n) is 15.8. The molecule has 28 heavy (non-hydrogen) atoms. The highest BCUT2D eigenvalue weighted by molar-refractivity contribution is 9.10. The van der Waals surface area contributed by atoms with Crippen LogP contribution in [-0.2, 0) is 14.8 Å². The Morgan fingerprint density at radius 3 is 2.68 bits per heavy atom. The van der Waals surface area contributed by atoms with Crippen molar-refractivity contribution in [1.29, 1.82) is 0 Å². The number of rotatable bonds is 5. The van der Waals surface area contributed by atoms with Crippen LogP contribution >= 0.6 is 15.9 Å². The van der Waals surface area contributed by atoms with Crippen LogP contribution in [0.2, 0.25) is 0 Å². The van der Waals surface area contributed by atoms with Crippen molar-refractivity contribution in [2.45, 2.75) is 24.7 Å². The van der Waals surface area contributed by atoms with Gasteiger partial charge in [-0.05, 0) is 71.6 Å². The molecule has 6 nitrogen and oxygen atoms in total. The van der Waals surface area contributed by atoms with Gasteiger partial charge in [0.15, 0.2) is 0 Å². The first-order valence-corrected chi connectivity index (χ1v) is 11.3. The molecule has 1 saturated heterocycles. The Morgan fingerprint density at radius 1 is 1.25 bits per heavy atom. The van der Waals surface area contributed by atoms with Gasteiger partial charge in [-0.15, -0.1) is 0 Å². The largest absolute Gasteiger partial charge is 0.496 e. The molecule has 0 unspecified atom stereocenters. The molecule has 150 valence electrons. The van der Waals surface area contributed by atoms with E-state index in [-0.39, 0.29) is 17.3 Å². The average molecular weight is 467 g/mol. The molecule has 1 N–H and O–H groups in total. The van der Waals surface area contributed by atoms with Crippen LogP contribution in [0, 0.1) is 12.8 Å². The molecule has 0 aliphatic carbocycles. The Hall–Kier alpha value is -1.90. The molecular formula is C20H23BrN2O4S. The van der Waals surface area contributed by atoms with E-state index >= 15 is 0 Å². The second-order valence-corrected chi connectivity index (χ2v) is 9.60. The van der Waals surface area contributed by atoms with E-state index in [4.69, 9.17) is 4.74 Å². The number of halogens is 1. The minimum absolute atomic E-state index is 0.169. The molecule has 2 aromatic rings. The zero-order chi connectivity index (χ0) is 20.3. The Bertz CT molecular complexity index is 978. The summed E-state index contributed by atoms with van der Waals surface area (Å²) in [6, 6.07) is 12.2. The predicted octanol–water partition coefficient (Wildman–Crippen LogP) is 3.81. The maximum absolute atomic E-state index is 13.1. The normalized spacial score (nSPS) is 17.9. The summed E-state index contributed by atoms with van der Waals surface area (Å²) in [4.78, 5) is 12.9. The summed E-state index contributed by atoms with van der Waals surface area (Å²) in [5, 5.41) is 2.89. The Balaban J connectivity index is 1.76. The fourth-order valence-corrected chi connectivity index (χ4v) is 5.33. The molecule has 0 saturated carbocycles. The minimum atomic E-state index is -3.67. The molecule has 2 aromatic carbocycles. The highest BCUT2D eigenvalue weighted by Crippen LogP contribution is 2.28. The van der Waals surface area contributed by atoms with Gasteiger partial charge in [-0.25, -0.2) is 8.42 Å². The number of amides is 1. The average Bonchev–Trinajstić information content (AvgIpc) is 2.69. The number of carbonyl (C=O) groups is 1. The van der Waals surface area contributed by atoms with Gasteiger partial charge in [-0.1, -0.05) is 12.1 Å². The number of anilines is 1. The summed E-state index contributed by atoms with van der Waals surface area (Å²) in [5.74, 6) is 0.0796. The van der Waals surface area contributed by atoms with Crippen molar-refractivity contribution in [2.24, 2.45) is 5.92 Å². The van der Waals surface area contributed by atoms with Crippen molar-refractivity contribution < 1.29 is 17.9 Å². The molecule has 0 bridgehead atoms. The minimum Gasteiger partial charge on any atom is -0.496 e. The first kappa shape index (κ1) is 20.8. The van der Waals surface area contributed by atoms with Crippen LogP contribution in [0.3, 0.4) is 0 Å². The molecule has 1 fully saturated rings. The number of ether oxygens (including phenoxy) is 1. The molecule has 0 aromatic heterocycles. The van der Waals surface area contributed by atoms with E-state index in [0.717, 1.165) is 10.0 Å². The molecule has 1 aliphatic heterocycles. The molecule has 0 radical (unpaired) electrons. The standard InChI is InChI=1S/C20H23BrN2O4S/c1-14-12-16(9-10-19(14)27-2)28(25,26)23-11-5-6-15(13-23)20(24)22-18-8-4-3-7-17(18)21/h3-4,7-10,12,15H,5-6,11,13H2,1-2H3,(H,22,24)/t15-/m0/s1. The summed E-state index contributed by atoms with van der Waals surface area (Å²) in [6.07, 6.45) is 1.30. The topological polar surface area (TPSA) is 75.7 Å². The van der Waals surface area contributed by atoms with Gasteiger partial charge in [0.25, 0.3) is 0 Å². The van der Waals surface area contributed by atoms with Crippen molar-refractivity contribution in [3.63, 3.8) is 0 Å². The van der Waals surface area contributed by atoms with Gasteiger partial charge in [-0.3, -0.25) is 4.79 Å². The third kappa shape index (κ3) is 4.39. The number of methoxy groups -OCH3 is 1. The van der Waals surface area contributed by atoms with Crippen LogP contribution in [0.15, 0.2) is 51.8 Å². The number of hydrogen-bond donors (Lipinski definition) is 1. The number of piperidine rings is 1. The van der Waals surface area contributed by atoms with E-state index in [9.17, 15) is 13.2 Å². The summed E-state index contributed by atoms with van der Waals surface area (Å²) in [5.41, 5.74) is 1.43. The molecule has 8 heteroatoms. The number of sulfonamides is 1. The van der Waals surface area contributed by atoms with Crippen LogP contribution in [0.25, 0.3) is 0 Å². The highest BCUT2D eigenvalue weighted by Gasteiger charge is 2.33. The van der Waals surface area contributed by atoms with Crippen LogP contribution < -0.4 is 10.1 Å². The lowest BCUT2D eigenvalue weighted by Gasteiger charge is -2.31. The maximum Gasteiger partial charge on any atom is 0.243 e. The number of nitrogens with one attached hydrogen (secondary N) is 1. The smallest absolute Gasteiger partial charge is 0.243 e. The lowest BCUT2D eigenvalue weighted by Crippen LogP contribution is -2.43. The van der Waals surface area contributed by atoms with Crippen molar-refractivity contribution in [3.8, 4) is 5.75 Å².